The lowest BCUT2D eigenvalue weighted by atomic mass is 9.87. The van der Waals surface area contributed by atoms with E-state index in [1.54, 1.807) is 0 Å². The summed E-state index contributed by atoms with van der Waals surface area (Å²) in [7, 11) is 0. The Morgan fingerprint density at radius 3 is 1.42 bits per heavy atom. The topological polar surface area (TPSA) is 29.3 Å². The molecular weight excluding hydrogens is 292 g/mol. The summed E-state index contributed by atoms with van der Waals surface area (Å²) in [5.74, 6) is 0. The summed E-state index contributed by atoms with van der Waals surface area (Å²) in [6, 6.07) is 13.5. The lowest BCUT2D eigenvalue weighted by Gasteiger charge is -2.45. The number of hydrogen-bond acceptors (Lipinski definition) is 2. The number of anilines is 2. The number of nitrogens with zero attached hydrogens (tertiary/aromatic N) is 1. The molecule has 0 amide bonds. The molecule has 0 aliphatic heterocycles. The maximum Gasteiger partial charge on any atom is 0.0932 e. The Bertz CT molecular complexity index is 635. The van der Waals surface area contributed by atoms with Crippen LogP contribution in [-0.4, -0.2) is 5.66 Å². The van der Waals surface area contributed by atoms with Crippen molar-refractivity contribution < 1.29 is 0 Å². The van der Waals surface area contributed by atoms with Gasteiger partial charge in [-0.3, -0.25) is 0 Å². The summed E-state index contributed by atoms with van der Waals surface area (Å²) < 4.78 is 0. The van der Waals surface area contributed by atoms with E-state index in [0.717, 1.165) is 12.8 Å². The van der Waals surface area contributed by atoms with E-state index in [1.165, 1.54) is 52.9 Å². The van der Waals surface area contributed by atoms with Crippen molar-refractivity contribution in [3.05, 3.63) is 58.7 Å². The molecule has 2 aromatic rings. The molecule has 2 aromatic carbocycles. The number of aryl methyl sites for hydroxylation is 4. The van der Waals surface area contributed by atoms with Crippen molar-refractivity contribution >= 4 is 11.4 Å². The van der Waals surface area contributed by atoms with Crippen molar-refractivity contribution in [1.82, 2.24) is 0 Å². The van der Waals surface area contributed by atoms with Crippen LogP contribution in [0.5, 0.6) is 0 Å². The van der Waals surface area contributed by atoms with Gasteiger partial charge in [0.15, 0.2) is 0 Å². The van der Waals surface area contributed by atoms with Crippen LogP contribution in [0.2, 0.25) is 0 Å². The highest BCUT2D eigenvalue weighted by atomic mass is 15.3. The molecule has 1 saturated carbocycles. The van der Waals surface area contributed by atoms with Gasteiger partial charge in [0.2, 0.25) is 0 Å². The molecule has 0 spiro atoms. The fraction of sp³-hybridized carbons (Fsp3) is 0.455. The molecule has 0 aromatic heterocycles. The molecule has 0 heterocycles. The van der Waals surface area contributed by atoms with Crippen LogP contribution in [0.25, 0.3) is 0 Å². The van der Waals surface area contributed by atoms with Crippen molar-refractivity contribution in [2.45, 2.75) is 65.5 Å². The van der Waals surface area contributed by atoms with Gasteiger partial charge in [0.1, 0.15) is 0 Å². The Hall–Kier alpha value is -1.80. The highest BCUT2D eigenvalue weighted by Gasteiger charge is 2.35. The van der Waals surface area contributed by atoms with E-state index in [0.29, 0.717) is 0 Å². The van der Waals surface area contributed by atoms with E-state index in [1.807, 2.05) is 0 Å². The van der Waals surface area contributed by atoms with Crippen LogP contribution in [0, 0.1) is 27.7 Å². The average Bonchev–Trinajstić information content (AvgIpc) is 2.45. The number of benzene rings is 2. The molecule has 128 valence electrons. The Morgan fingerprint density at radius 2 is 1.04 bits per heavy atom. The zero-order valence-electron chi connectivity index (χ0n) is 15.5. The summed E-state index contributed by atoms with van der Waals surface area (Å²) in [4.78, 5) is 2.41. The Kier molecular flexibility index (Phi) is 4.69. The lowest BCUT2D eigenvalue weighted by Crippen LogP contribution is -2.55. The molecule has 0 saturated heterocycles. The summed E-state index contributed by atoms with van der Waals surface area (Å²) in [6.45, 7) is 8.67. The molecule has 3 rings (SSSR count). The summed E-state index contributed by atoms with van der Waals surface area (Å²) >= 11 is 0. The maximum absolute atomic E-state index is 6.99. The Morgan fingerprint density at radius 1 is 0.667 bits per heavy atom. The van der Waals surface area contributed by atoms with Crippen LogP contribution in [0.1, 0.15) is 54.4 Å². The highest BCUT2D eigenvalue weighted by molar-refractivity contribution is 5.68. The van der Waals surface area contributed by atoms with Gasteiger partial charge >= 0.3 is 0 Å². The Labute approximate surface area is 146 Å². The van der Waals surface area contributed by atoms with E-state index in [9.17, 15) is 0 Å². The van der Waals surface area contributed by atoms with Crippen molar-refractivity contribution in [3.63, 3.8) is 0 Å². The van der Waals surface area contributed by atoms with E-state index in [-0.39, 0.29) is 5.66 Å². The third kappa shape index (κ3) is 3.49. The van der Waals surface area contributed by atoms with E-state index in [4.69, 9.17) is 5.73 Å². The van der Waals surface area contributed by atoms with Crippen LogP contribution in [0.15, 0.2) is 36.4 Å². The quantitative estimate of drug-likeness (QED) is 0.737. The van der Waals surface area contributed by atoms with E-state index in [2.05, 4.69) is 69.0 Å². The predicted molar refractivity (Wildman–Crippen MR) is 104 cm³/mol. The number of nitrogens with two attached hydrogens (primary N) is 1. The molecule has 2 nitrogen and oxygen atoms in total. The summed E-state index contributed by atoms with van der Waals surface area (Å²) in [6.07, 6.45) is 5.82. The Balaban J connectivity index is 2.16. The molecule has 1 aliphatic rings. The van der Waals surface area contributed by atoms with E-state index >= 15 is 0 Å². The molecule has 0 radical (unpaired) electrons. The van der Waals surface area contributed by atoms with Gasteiger partial charge in [-0.2, -0.15) is 0 Å². The smallest absolute Gasteiger partial charge is 0.0932 e. The second kappa shape index (κ2) is 6.60. The molecule has 1 fully saturated rings. The monoisotopic (exact) mass is 322 g/mol. The van der Waals surface area contributed by atoms with Crippen molar-refractivity contribution in [2.75, 3.05) is 4.90 Å². The first-order valence-corrected chi connectivity index (χ1v) is 9.13. The van der Waals surface area contributed by atoms with Crippen LogP contribution >= 0.6 is 0 Å². The van der Waals surface area contributed by atoms with Crippen LogP contribution < -0.4 is 10.6 Å². The normalized spacial score (nSPS) is 16.9. The minimum absolute atomic E-state index is 0.293. The fourth-order valence-corrected chi connectivity index (χ4v) is 4.21. The molecule has 0 atom stereocenters. The van der Waals surface area contributed by atoms with Crippen LogP contribution in [-0.2, 0) is 0 Å². The van der Waals surface area contributed by atoms with E-state index < -0.39 is 0 Å². The third-order valence-corrected chi connectivity index (χ3v) is 5.09. The first-order chi connectivity index (χ1) is 11.4. The summed E-state index contributed by atoms with van der Waals surface area (Å²) in [5, 5.41) is 0. The molecular formula is C22H30N2. The van der Waals surface area contributed by atoms with Crippen molar-refractivity contribution in [1.29, 1.82) is 0 Å². The molecule has 2 N–H and O–H groups in total. The van der Waals surface area contributed by atoms with Gasteiger partial charge in [-0.25, -0.2) is 0 Å². The van der Waals surface area contributed by atoms with Crippen molar-refractivity contribution in [3.8, 4) is 0 Å². The number of hydrogen-bond donors (Lipinski definition) is 1. The third-order valence-electron chi connectivity index (χ3n) is 5.09. The van der Waals surface area contributed by atoms with Crippen molar-refractivity contribution in [2.24, 2.45) is 5.73 Å². The second-order valence-electron chi connectivity index (χ2n) is 7.69. The predicted octanol–water partition coefficient (Wildman–Crippen LogP) is 5.68. The standard InChI is InChI=1S/C22H30N2/c1-16-10-17(2)13-20(12-16)24(22(23)8-6-5-7-9-22)21-14-18(3)11-19(4)15-21/h10-15H,5-9,23H2,1-4H3. The summed E-state index contributed by atoms with van der Waals surface area (Å²) in [5.41, 5.74) is 14.3. The molecule has 24 heavy (non-hydrogen) atoms. The van der Waals surface area contributed by atoms with Gasteiger partial charge in [0.25, 0.3) is 0 Å². The van der Waals surface area contributed by atoms with Gasteiger partial charge < -0.3 is 10.6 Å². The fourth-order valence-electron chi connectivity index (χ4n) is 4.21. The molecule has 1 aliphatic carbocycles. The zero-order valence-corrected chi connectivity index (χ0v) is 15.5. The lowest BCUT2D eigenvalue weighted by molar-refractivity contribution is 0.301. The molecule has 0 unspecified atom stereocenters. The molecule has 0 bridgehead atoms. The van der Waals surface area contributed by atoms with Gasteiger partial charge in [-0.1, -0.05) is 18.6 Å². The molecule has 2 heteroatoms. The SMILES string of the molecule is Cc1cc(C)cc(N(c2cc(C)cc(C)c2)C2(N)CCCCC2)c1. The van der Waals surface area contributed by atoms with Crippen LogP contribution in [0.4, 0.5) is 11.4 Å². The van der Waals surface area contributed by atoms with Gasteiger partial charge in [-0.15, -0.1) is 0 Å². The minimum atomic E-state index is -0.293. The minimum Gasteiger partial charge on any atom is -0.323 e. The highest BCUT2D eigenvalue weighted by Crippen LogP contribution is 2.40. The average molecular weight is 322 g/mol. The maximum atomic E-state index is 6.99. The van der Waals surface area contributed by atoms with Gasteiger partial charge in [0.05, 0.1) is 5.66 Å². The van der Waals surface area contributed by atoms with Gasteiger partial charge in [0, 0.05) is 11.4 Å². The first kappa shape index (κ1) is 17.0. The number of rotatable bonds is 3. The second-order valence-corrected chi connectivity index (χ2v) is 7.69. The van der Waals surface area contributed by atoms with Gasteiger partial charge in [-0.05, 0) is 99.9 Å². The first-order valence-electron chi connectivity index (χ1n) is 9.13. The van der Waals surface area contributed by atoms with Crippen LogP contribution in [0.3, 0.4) is 0 Å². The largest absolute Gasteiger partial charge is 0.323 e. The zero-order chi connectivity index (χ0) is 17.3.